The molecular weight excluding hydrogens is 430 g/mol. The number of benzene rings is 3. The fourth-order valence-corrected chi connectivity index (χ4v) is 3.75. The van der Waals surface area contributed by atoms with Crippen LogP contribution in [0.15, 0.2) is 91.0 Å². The fraction of sp³-hybridized carbons (Fsp3) is 0.286. The topological polar surface area (TPSA) is 84.9 Å². The molecule has 34 heavy (non-hydrogen) atoms. The summed E-state index contributed by atoms with van der Waals surface area (Å²) in [6, 6.07) is 28.1. The number of aryl methyl sites for hydroxylation is 1. The summed E-state index contributed by atoms with van der Waals surface area (Å²) in [5, 5.41) is 13.8. The Hall–Kier alpha value is -3.64. The third-order valence-corrected chi connectivity index (χ3v) is 5.49. The van der Waals surface area contributed by atoms with E-state index in [-0.39, 0.29) is 13.0 Å². The number of hydrogen-bond donors (Lipinski definition) is 2. The van der Waals surface area contributed by atoms with Crippen molar-refractivity contribution in [1.29, 1.82) is 0 Å². The van der Waals surface area contributed by atoms with Crippen LogP contribution in [0, 0.1) is 0 Å². The molecule has 3 aromatic carbocycles. The minimum absolute atomic E-state index is 0.140. The first kappa shape index (κ1) is 25.0. The Bertz CT molecular complexity index is 1010. The minimum atomic E-state index is -0.891. The van der Waals surface area contributed by atoms with Crippen LogP contribution in [0.2, 0.25) is 0 Å². The molecule has 3 unspecified atom stereocenters. The van der Waals surface area contributed by atoms with Crippen LogP contribution in [0.4, 0.5) is 4.79 Å². The Labute approximate surface area is 200 Å². The number of aliphatic hydroxyl groups is 1. The molecule has 0 bridgehead atoms. The molecule has 0 fully saturated rings. The van der Waals surface area contributed by atoms with Gasteiger partial charge in [-0.1, -0.05) is 91.0 Å². The second kappa shape index (κ2) is 13.2. The second-order valence-electron chi connectivity index (χ2n) is 8.14. The minimum Gasteiger partial charge on any atom is -0.460 e. The highest BCUT2D eigenvalue weighted by atomic mass is 16.6. The van der Waals surface area contributed by atoms with Crippen LogP contribution >= 0.6 is 0 Å². The van der Waals surface area contributed by atoms with Gasteiger partial charge < -0.3 is 19.9 Å². The number of rotatable bonds is 11. The van der Waals surface area contributed by atoms with E-state index in [4.69, 9.17) is 9.47 Å². The van der Waals surface area contributed by atoms with Crippen LogP contribution in [0.25, 0.3) is 0 Å². The zero-order valence-corrected chi connectivity index (χ0v) is 19.3. The van der Waals surface area contributed by atoms with E-state index in [9.17, 15) is 14.7 Å². The predicted octanol–water partition coefficient (Wildman–Crippen LogP) is 4.97. The number of esters is 1. The van der Waals surface area contributed by atoms with E-state index in [1.54, 1.807) is 0 Å². The van der Waals surface area contributed by atoms with Gasteiger partial charge in [0.05, 0.1) is 12.1 Å². The molecule has 0 spiro atoms. The van der Waals surface area contributed by atoms with Gasteiger partial charge in [-0.05, 0) is 29.5 Å². The molecule has 0 aliphatic rings. The van der Waals surface area contributed by atoms with Crippen LogP contribution in [-0.2, 0) is 27.3 Å². The maximum atomic E-state index is 12.6. The van der Waals surface area contributed by atoms with Gasteiger partial charge in [0.15, 0.2) is 0 Å². The molecule has 0 aliphatic carbocycles. The first-order valence-corrected chi connectivity index (χ1v) is 11.4. The van der Waals surface area contributed by atoms with Gasteiger partial charge in [0.1, 0.15) is 12.7 Å². The Balaban J connectivity index is 1.68. The van der Waals surface area contributed by atoms with Gasteiger partial charge in [0, 0.05) is 13.3 Å². The highest BCUT2D eigenvalue weighted by Crippen LogP contribution is 2.24. The molecule has 0 saturated carbocycles. The molecule has 3 rings (SSSR count). The zero-order chi connectivity index (χ0) is 24.2. The molecule has 6 heteroatoms. The summed E-state index contributed by atoms with van der Waals surface area (Å²) in [4.78, 5) is 24.4. The molecule has 0 radical (unpaired) electrons. The zero-order valence-electron chi connectivity index (χ0n) is 19.3. The molecule has 6 nitrogen and oxygen atoms in total. The van der Waals surface area contributed by atoms with E-state index in [2.05, 4.69) is 5.32 Å². The summed E-state index contributed by atoms with van der Waals surface area (Å²) in [5.74, 6) is -0.484. The molecule has 0 heterocycles. The maximum absolute atomic E-state index is 12.6. The predicted molar refractivity (Wildman–Crippen MR) is 130 cm³/mol. The van der Waals surface area contributed by atoms with Crippen molar-refractivity contribution in [2.24, 2.45) is 0 Å². The number of amides is 1. The maximum Gasteiger partial charge on any atom is 0.407 e. The van der Waals surface area contributed by atoms with Crippen molar-refractivity contribution in [2.75, 3.05) is 0 Å². The van der Waals surface area contributed by atoms with Gasteiger partial charge in [-0.3, -0.25) is 4.79 Å². The summed E-state index contributed by atoms with van der Waals surface area (Å²) < 4.78 is 10.9. The first-order chi connectivity index (χ1) is 16.5. The van der Waals surface area contributed by atoms with Gasteiger partial charge in [0.25, 0.3) is 0 Å². The van der Waals surface area contributed by atoms with Crippen molar-refractivity contribution >= 4 is 12.1 Å². The molecule has 2 N–H and O–H groups in total. The van der Waals surface area contributed by atoms with Gasteiger partial charge >= 0.3 is 12.1 Å². The summed E-state index contributed by atoms with van der Waals surface area (Å²) in [5.41, 5.74) is 2.79. The quantitative estimate of drug-likeness (QED) is 0.394. The molecule has 0 saturated heterocycles. The van der Waals surface area contributed by atoms with Crippen molar-refractivity contribution in [3.8, 4) is 0 Å². The van der Waals surface area contributed by atoms with E-state index >= 15 is 0 Å². The third kappa shape index (κ3) is 8.37. The number of hydrogen-bond acceptors (Lipinski definition) is 5. The molecule has 3 aromatic rings. The van der Waals surface area contributed by atoms with Crippen molar-refractivity contribution in [1.82, 2.24) is 5.32 Å². The summed E-state index contributed by atoms with van der Waals surface area (Å²) >= 11 is 0. The second-order valence-corrected chi connectivity index (χ2v) is 8.14. The monoisotopic (exact) mass is 461 g/mol. The van der Waals surface area contributed by atoms with Gasteiger partial charge in [-0.15, -0.1) is 0 Å². The normalized spacial score (nSPS) is 13.4. The van der Waals surface area contributed by atoms with Gasteiger partial charge in [-0.25, -0.2) is 4.79 Å². The lowest BCUT2D eigenvalue weighted by Gasteiger charge is -2.28. The van der Waals surface area contributed by atoms with E-state index in [1.165, 1.54) is 6.92 Å². The van der Waals surface area contributed by atoms with Gasteiger partial charge in [0.2, 0.25) is 0 Å². The van der Waals surface area contributed by atoms with E-state index in [1.807, 2.05) is 91.0 Å². The summed E-state index contributed by atoms with van der Waals surface area (Å²) in [6.45, 7) is 1.46. The van der Waals surface area contributed by atoms with Crippen molar-refractivity contribution in [3.05, 3.63) is 108 Å². The number of carbonyl (C=O) groups is 2. The number of carbonyl (C=O) groups excluding carboxylic acids is 2. The molecule has 0 aromatic heterocycles. The number of nitrogens with one attached hydrogen (secondary N) is 1. The van der Waals surface area contributed by atoms with Crippen molar-refractivity contribution in [2.45, 2.75) is 51.0 Å². The van der Waals surface area contributed by atoms with Crippen LogP contribution in [0.1, 0.15) is 42.5 Å². The number of ether oxygens (including phenoxy) is 2. The molecule has 1 amide bonds. The highest BCUT2D eigenvalue weighted by Gasteiger charge is 2.28. The number of aliphatic hydroxyl groups excluding tert-OH is 1. The lowest BCUT2D eigenvalue weighted by molar-refractivity contribution is -0.153. The van der Waals surface area contributed by atoms with Crippen LogP contribution in [0.5, 0.6) is 0 Å². The molecule has 0 aliphatic heterocycles. The van der Waals surface area contributed by atoms with E-state index in [0.29, 0.717) is 12.8 Å². The van der Waals surface area contributed by atoms with E-state index in [0.717, 1.165) is 16.7 Å². The smallest absolute Gasteiger partial charge is 0.407 e. The fourth-order valence-electron chi connectivity index (χ4n) is 3.75. The van der Waals surface area contributed by atoms with Crippen molar-refractivity contribution in [3.63, 3.8) is 0 Å². The summed E-state index contributed by atoms with van der Waals surface area (Å²) in [6.07, 6.45) is -0.999. The van der Waals surface area contributed by atoms with Crippen molar-refractivity contribution < 1.29 is 24.2 Å². The van der Waals surface area contributed by atoms with Gasteiger partial charge in [-0.2, -0.15) is 0 Å². The van der Waals surface area contributed by atoms with E-state index < -0.39 is 30.3 Å². The average Bonchev–Trinajstić information content (AvgIpc) is 2.86. The first-order valence-electron chi connectivity index (χ1n) is 11.4. The SMILES string of the molecule is CC(=O)OC(CC(NC(=O)OCc1ccccc1)c1ccccc1)C(O)CCc1ccccc1. The van der Waals surface area contributed by atoms with Crippen LogP contribution in [0.3, 0.4) is 0 Å². The molecule has 3 atom stereocenters. The average molecular weight is 462 g/mol. The lowest BCUT2D eigenvalue weighted by atomic mass is 9.95. The largest absolute Gasteiger partial charge is 0.460 e. The molecular formula is C28H31NO5. The Kier molecular flexibility index (Phi) is 9.67. The lowest BCUT2D eigenvalue weighted by Crippen LogP contribution is -2.38. The third-order valence-electron chi connectivity index (χ3n) is 5.49. The Morgan fingerprint density at radius 2 is 1.41 bits per heavy atom. The highest BCUT2D eigenvalue weighted by molar-refractivity contribution is 5.68. The molecule has 178 valence electrons. The Morgan fingerprint density at radius 1 is 0.853 bits per heavy atom. The summed E-state index contributed by atoms with van der Waals surface area (Å²) in [7, 11) is 0. The van der Waals surface area contributed by atoms with Crippen LogP contribution < -0.4 is 5.32 Å². The standard InChI is InChI=1S/C28H31NO5/c1-21(30)34-27(26(31)18-17-22-11-5-2-6-12-22)19-25(24-15-9-4-10-16-24)29-28(32)33-20-23-13-7-3-8-14-23/h2-16,25-27,31H,17-20H2,1H3,(H,29,32). The van der Waals surface area contributed by atoms with Crippen LogP contribution in [-0.4, -0.2) is 29.4 Å². The Morgan fingerprint density at radius 3 is 2.00 bits per heavy atom. The number of alkyl carbamates (subject to hydrolysis) is 1.